The highest BCUT2D eigenvalue weighted by Crippen LogP contribution is 2.61. The van der Waals surface area contributed by atoms with Crippen molar-refractivity contribution in [3.63, 3.8) is 0 Å². The number of cyclic esters (lactones) is 1. The smallest absolute Gasteiger partial charge is 0.416 e. The van der Waals surface area contributed by atoms with E-state index in [0.717, 1.165) is 17.8 Å². The van der Waals surface area contributed by atoms with E-state index in [2.05, 4.69) is 13.8 Å². The van der Waals surface area contributed by atoms with Gasteiger partial charge in [-0.3, -0.25) is 4.79 Å². The van der Waals surface area contributed by atoms with Gasteiger partial charge in [0.1, 0.15) is 6.61 Å². The lowest BCUT2D eigenvalue weighted by Crippen LogP contribution is -2.50. The molecule has 5 fully saturated rings. The lowest BCUT2D eigenvalue weighted by molar-refractivity contribution is -0.138. The van der Waals surface area contributed by atoms with Crippen molar-refractivity contribution in [3.05, 3.63) is 0 Å². The molecule has 1 atom stereocenters. The molecule has 22 heavy (non-hydrogen) atoms. The van der Waals surface area contributed by atoms with Crippen molar-refractivity contribution in [2.24, 2.45) is 29.1 Å². The van der Waals surface area contributed by atoms with Crippen LogP contribution in [0, 0.1) is 29.1 Å². The standard InChI is InChI=1S/C18H27NO3/c1-11(2)15-10-22-17(21)19(15)16(20)9-18-6-12-3-13(7-18)5-14(4-12)8-18/h11-15H,3-10H2,1-2H3/t12?,13?,14?,15-,18?/m1/s1. The minimum atomic E-state index is -0.423. The van der Waals surface area contributed by atoms with E-state index in [-0.39, 0.29) is 23.3 Å². The number of imide groups is 1. The van der Waals surface area contributed by atoms with Gasteiger partial charge in [0, 0.05) is 6.42 Å². The van der Waals surface area contributed by atoms with Crippen molar-refractivity contribution in [2.75, 3.05) is 6.61 Å². The summed E-state index contributed by atoms with van der Waals surface area (Å²) in [5.41, 5.74) is 0.191. The van der Waals surface area contributed by atoms with Crippen LogP contribution in [0.5, 0.6) is 0 Å². The van der Waals surface area contributed by atoms with Crippen molar-refractivity contribution in [2.45, 2.75) is 64.8 Å². The summed E-state index contributed by atoms with van der Waals surface area (Å²) in [5.74, 6) is 2.79. The maximum Gasteiger partial charge on any atom is 0.416 e. The molecule has 0 aromatic carbocycles. The molecule has 4 aliphatic carbocycles. The minimum Gasteiger partial charge on any atom is -0.447 e. The second kappa shape index (κ2) is 4.97. The molecule has 0 spiro atoms. The molecule has 0 radical (unpaired) electrons. The van der Waals surface area contributed by atoms with Gasteiger partial charge in [0.25, 0.3) is 0 Å². The highest BCUT2D eigenvalue weighted by Gasteiger charge is 2.53. The Labute approximate surface area is 132 Å². The third-order valence-electron chi connectivity index (χ3n) is 6.64. The Hall–Kier alpha value is -1.06. The van der Waals surface area contributed by atoms with Crippen LogP contribution in [0.1, 0.15) is 58.8 Å². The van der Waals surface area contributed by atoms with Crippen LogP contribution in [0.25, 0.3) is 0 Å². The van der Waals surface area contributed by atoms with Crippen molar-refractivity contribution in [1.82, 2.24) is 4.90 Å². The molecule has 4 nitrogen and oxygen atoms in total. The lowest BCUT2D eigenvalue weighted by atomic mass is 9.49. The molecule has 1 heterocycles. The predicted molar refractivity (Wildman–Crippen MR) is 82.0 cm³/mol. The first kappa shape index (κ1) is 14.5. The Morgan fingerprint density at radius 1 is 1.18 bits per heavy atom. The number of hydrogen-bond acceptors (Lipinski definition) is 3. The van der Waals surface area contributed by atoms with Gasteiger partial charge >= 0.3 is 6.09 Å². The van der Waals surface area contributed by atoms with Gasteiger partial charge in [-0.1, -0.05) is 13.8 Å². The summed E-state index contributed by atoms with van der Waals surface area (Å²) >= 11 is 0. The Balaban J connectivity index is 1.51. The fraction of sp³-hybridized carbons (Fsp3) is 0.889. The zero-order valence-corrected chi connectivity index (χ0v) is 13.7. The van der Waals surface area contributed by atoms with E-state index in [9.17, 15) is 9.59 Å². The Bertz CT molecular complexity index is 463. The molecule has 4 saturated carbocycles. The average molecular weight is 305 g/mol. The van der Waals surface area contributed by atoms with Gasteiger partial charge in [0.15, 0.2) is 0 Å². The van der Waals surface area contributed by atoms with Gasteiger partial charge in [-0.2, -0.15) is 0 Å². The summed E-state index contributed by atoms with van der Waals surface area (Å²) in [6, 6.07) is -0.0751. The molecule has 4 bridgehead atoms. The number of nitrogens with zero attached hydrogens (tertiary/aromatic N) is 1. The van der Waals surface area contributed by atoms with Gasteiger partial charge in [-0.25, -0.2) is 9.69 Å². The Morgan fingerprint density at radius 3 is 2.23 bits per heavy atom. The van der Waals surface area contributed by atoms with Crippen molar-refractivity contribution < 1.29 is 14.3 Å². The molecule has 2 amide bonds. The van der Waals surface area contributed by atoms with E-state index < -0.39 is 6.09 Å². The Morgan fingerprint density at radius 2 is 1.73 bits per heavy atom. The predicted octanol–water partition coefficient (Wildman–Crippen LogP) is 3.60. The van der Waals surface area contributed by atoms with E-state index in [1.54, 1.807) is 0 Å². The fourth-order valence-electron chi connectivity index (χ4n) is 6.13. The molecular weight excluding hydrogens is 278 g/mol. The maximum absolute atomic E-state index is 12.9. The van der Waals surface area contributed by atoms with E-state index in [4.69, 9.17) is 4.74 Å². The molecule has 5 aliphatic rings. The first-order valence-corrected chi connectivity index (χ1v) is 8.94. The summed E-state index contributed by atoms with van der Waals surface area (Å²) in [7, 11) is 0. The van der Waals surface area contributed by atoms with Crippen molar-refractivity contribution in [3.8, 4) is 0 Å². The van der Waals surface area contributed by atoms with Gasteiger partial charge in [-0.05, 0) is 67.6 Å². The van der Waals surface area contributed by atoms with Crippen LogP contribution in [0.4, 0.5) is 4.79 Å². The molecule has 0 aromatic rings. The Kier molecular flexibility index (Phi) is 3.28. The highest BCUT2D eigenvalue weighted by molar-refractivity contribution is 5.93. The van der Waals surface area contributed by atoms with Gasteiger partial charge in [0.05, 0.1) is 6.04 Å². The third-order valence-corrected chi connectivity index (χ3v) is 6.64. The second-order valence-corrected chi connectivity index (χ2v) is 8.75. The molecule has 0 aromatic heterocycles. The zero-order valence-electron chi connectivity index (χ0n) is 13.7. The number of carbonyl (C=O) groups is 2. The number of amides is 2. The number of ether oxygens (including phenoxy) is 1. The average Bonchev–Trinajstić information content (AvgIpc) is 2.78. The van der Waals surface area contributed by atoms with E-state index in [1.165, 1.54) is 43.4 Å². The van der Waals surface area contributed by atoms with E-state index >= 15 is 0 Å². The van der Waals surface area contributed by atoms with Gasteiger partial charge in [-0.15, -0.1) is 0 Å². The summed E-state index contributed by atoms with van der Waals surface area (Å²) in [6.45, 7) is 4.47. The zero-order chi connectivity index (χ0) is 15.5. The summed E-state index contributed by atoms with van der Waals surface area (Å²) in [4.78, 5) is 26.3. The molecule has 0 unspecified atom stereocenters. The van der Waals surface area contributed by atoms with E-state index in [1.807, 2.05) is 0 Å². The third kappa shape index (κ3) is 2.26. The second-order valence-electron chi connectivity index (χ2n) is 8.75. The largest absolute Gasteiger partial charge is 0.447 e. The molecule has 1 saturated heterocycles. The van der Waals surface area contributed by atoms with Crippen LogP contribution >= 0.6 is 0 Å². The number of rotatable bonds is 3. The first-order chi connectivity index (χ1) is 10.5. The van der Waals surface area contributed by atoms with Gasteiger partial charge in [0.2, 0.25) is 5.91 Å². The summed E-state index contributed by atoms with van der Waals surface area (Å²) < 4.78 is 5.15. The minimum absolute atomic E-state index is 0.0168. The van der Waals surface area contributed by atoms with Crippen LogP contribution < -0.4 is 0 Å². The van der Waals surface area contributed by atoms with Gasteiger partial charge < -0.3 is 4.74 Å². The first-order valence-electron chi connectivity index (χ1n) is 8.94. The topological polar surface area (TPSA) is 46.6 Å². The van der Waals surface area contributed by atoms with Crippen LogP contribution in [0.2, 0.25) is 0 Å². The fourth-order valence-corrected chi connectivity index (χ4v) is 6.13. The summed E-state index contributed by atoms with van der Waals surface area (Å²) in [5, 5.41) is 0. The van der Waals surface area contributed by atoms with Crippen LogP contribution in [0.3, 0.4) is 0 Å². The molecule has 4 heteroatoms. The monoisotopic (exact) mass is 305 g/mol. The SMILES string of the molecule is CC(C)[C@H]1COC(=O)N1C(=O)CC12CC3CC(CC(C3)C1)C2. The number of hydrogen-bond donors (Lipinski definition) is 0. The number of carbonyl (C=O) groups excluding carboxylic acids is 2. The summed E-state index contributed by atoms with van der Waals surface area (Å²) in [6.07, 6.45) is 7.91. The van der Waals surface area contributed by atoms with Crippen LogP contribution in [-0.2, 0) is 9.53 Å². The van der Waals surface area contributed by atoms with Crippen LogP contribution in [0.15, 0.2) is 0 Å². The van der Waals surface area contributed by atoms with E-state index in [0.29, 0.717) is 13.0 Å². The lowest BCUT2D eigenvalue weighted by Gasteiger charge is -2.56. The molecular formula is C18H27NO3. The quantitative estimate of drug-likeness (QED) is 0.800. The normalized spacial score (nSPS) is 43.0. The molecule has 1 aliphatic heterocycles. The molecule has 5 rings (SSSR count). The molecule has 0 N–H and O–H groups in total. The molecule has 122 valence electrons. The van der Waals surface area contributed by atoms with Crippen molar-refractivity contribution in [1.29, 1.82) is 0 Å². The van der Waals surface area contributed by atoms with Crippen molar-refractivity contribution >= 4 is 12.0 Å². The highest BCUT2D eigenvalue weighted by atomic mass is 16.6. The maximum atomic E-state index is 12.9. The van der Waals surface area contributed by atoms with Crippen LogP contribution in [-0.4, -0.2) is 29.5 Å².